The Morgan fingerprint density at radius 2 is 2.00 bits per heavy atom. The number of primary amides is 1. The number of nitrogens with one attached hydrogen (secondary N) is 1. The highest BCUT2D eigenvalue weighted by Crippen LogP contribution is 2.32. The van der Waals surface area contributed by atoms with Gasteiger partial charge in [-0.1, -0.05) is 6.07 Å². The van der Waals surface area contributed by atoms with Crippen LogP contribution in [0.15, 0.2) is 30.6 Å². The number of amides is 2. The van der Waals surface area contributed by atoms with Gasteiger partial charge in [-0.05, 0) is 19.9 Å². The van der Waals surface area contributed by atoms with E-state index in [9.17, 15) is 14.7 Å². The summed E-state index contributed by atoms with van der Waals surface area (Å²) in [5, 5.41) is 12.8. The summed E-state index contributed by atoms with van der Waals surface area (Å²) in [6, 6.07) is 4.74. The van der Waals surface area contributed by atoms with Crippen molar-refractivity contribution in [1.29, 1.82) is 0 Å². The second kappa shape index (κ2) is 6.63. The van der Waals surface area contributed by atoms with Crippen molar-refractivity contribution >= 4 is 17.8 Å². The summed E-state index contributed by atoms with van der Waals surface area (Å²) in [5.74, 6) is 0.0705. The lowest BCUT2D eigenvalue weighted by molar-refractivity contribution is -0.114. The zero-order chi connectivity index (χ0) is 17.9. The van der Waals surface area contributed by atoms with E-state index in [1.54, 1.807) is 26.0 Å². The molecule has 0 spiro atoms. The van der Waals surface area contributed by atoms with Crippen LogP contribution in [0.2, 0.25) is 0 Å². The number of aromatic nitrogens is 2. The molecule has 0 aliphatic rings. The lowest BCUT2D eigenvalue weighted by atomic mass is 9.98. The van der Waals surface area contributed by atoms with Crippen molar-refractivity contribution in [2.45, 2.75) is 26.4 Å². The van der Waals surface area contributed by atoms with Crippen LogP contribution in [0.5, 0.6) is 5.75 Å². The standard InChI is InChI=1S/C16H18N4O4/c1-9(21)19-14-11(16(2,3)23)4-5-12(20-14)10-8-18-7-6-13(10)24-15(17)22/h4-8,23H,1-3H3,(H2,17,22)(H,19,20,21). The normalized spacial score (nSPS) is 11.0. The minimum Gasteiger partial charge on any atom is -0.410 e. The van der Waals surface area contributed by atoms with Crippen molar-refractivity contribution in [3.8, 4) is 17.0 Å². The van der Waals surface area contributed by atoms with E-state index < -0.39 is 11.7 Å². The fourth-order valence-corrected chi connectivity index (χ4v) is 2.14. The molecule has 0 saturated carbocycles. The van der Waals surface area contributed by atoms with E-state index in [0.29, 0.717) is 16.8 Å². The molecule has 0 radical (unpaired) electrons. The first-order chi connectivity index (χ1) is 11.2. The Hall–Kier alpha value is -3.00. The third kappa shape index (κ3) is 4.05. The maximum atomic E-state index is 11.4. The predicted octanol–water partition coefficient (Wildman–Crippen LogP) is 1.79. The maximum absolute atomic E-state index is 11.4. The number of pyridine rings is 2. The van der Waals surface area contributed by atoms with E-state index in [0.717, 1.165) is 0 Å². The summed E-state index contributed by atoms with van der Waals surface area (Å²) in [7, 11) is 0. The van der Waals surface area contributed by atoms with Gasteiger partial charge in [0, 0.05) is 30.9 Å². The van der Waals surface area contributed by atoms with Crippen LogP contribution in [0.1, 0.15) is 26.3 Å². The average molecular weight is 330 g/mol. The second-order valence-electron chi connectivity index (χ2n) is 5.63. The SMILES string of the molecule is CC(=O)Nc1nc(-c2cnccc2OC(N)=O)ccc1C(C)(C)O. The van der Waals surface area contributed by atoms with Gasteiger partial charge in [-0.15, -0.1) is 0 Å². The minimum absolute atomic E-state index is 0.190. The van der Waals surface area contributed by atoms with Crippen molar-refractivity contribution in [2.24, 2.45) is 5.73 Å². The number of carbonyl (C=O) groups is 2. The van der Waals surface area contributed by atoms with Crippen LogP contribution in [0.4, 0.5) is 10.6 Å². The van der Waals surface area contributed by atoms with E-state index in [-0.39, 0.29) is 17.5 Å². The van der Waals surface area contributed by atoms with Crippen LogP contribution in [0, 0.1) is 0 Å². The van der Waals surface area contributed by atoms with Gasteiger partial charge >= 0.3 is 6.09 Å². The molecule has 0 unspecified atom stereocenters. The van der Waals surface area contributed by atoms with Crippen molar-refractivity contribution in [3.63, 3.8) is 0 Å². The number of nitrogens with two attached hydrogens (primary N) is 1. The molecule has 8 heteroatoms. The van der Waals surface area contributed by atoms with E-state index in [2.05, 4.69) is 15.3 Å². The molecular formula is C16H18N4O4. The van der Waals surface area contributed by atoms with Gasteiger partial charge in [0.05, 0.1) is 16.9 Å². The molecule has 2 aromatic heterocycles. The van der Waals surface area contributed by atoms with Crippen LogP contribution >= 0.6 is 0 Å². The Bertz CT molecular complexity index is 784. The smallest absolute Gasteiger partial charge is 0.409 e. The predicted molar refractivity (Wildman–Crippen MR) is 87.2 cm³/mol. The molecule has 0 aliphatic carbocycles. The average Bonchev–Trinajstić information content (AvgIpc) is 2.45. The van der Waals surface area contributed by atoms with Gasteiger partial charge in [0.25, 0.3) is 0 Å². The lowest BCUT2D eigenvalue weighted by Gasteiger charge is -2.21. The second-order valence-corrected chi connectivity index (χ2v) is 5.63. The molecule has 2 aromatic rings. The van der Waals surface area contributed by atoms with Crippen molar-refractivity contribution < 1.29 is 19.4 Å². The van der Waals surface area contributed by atoms with Gasteiger partial charge in [0.15, 0.2) is 0 Å². The Balaban J connectivity index is 2.57. The Morgan fingerprint density at radius 3 is 2.58 bits per heavy atom. The van der Waals surface area contributed by atoms with Gasteiger partial charge in [0.2, 0.25) is 5.91 Å². The zero-order valence-corrected chi connectivity index (χ0v) is 13.5. The van der Waals surface area contributed by atoms with Crippen LogP contribution in [-0.2, 0) is 10.4 Å². The van der Waals surface area contributed by atoms with E-state index in [4.69, 9.17) is 10.5 Å². The summed E-state index contributed by atoms with van der Waals surface area (Å²) >= 11 is 0. The number of carbonyl (C=O) groups excluding carboxylic acids is 2. The number of anilines is 1. The summed E-state index contributed by atoms with van der Waals surface area (Å²) in [5.41, 5.74) is 5.12. The largest absolute Gasteiger partial charge is 0.410 e. The first kappa shape index (κ1) is 17.4. The number of aliphatic hydroxyl groups is 1. The van der Waals surface area contributed by atoms with Crippen molar-refractivity contribution in [2.75, 3.05) is 5.32 Å². The summed E-state index contributed by atoms with van der Waals surface area (Å²) in [4.78, 5) is 30.8. The Kier molecular flexibility index (Phi) is 4.79. The number of hydrogen-bond acceptors (Lipinski definition) is 6. The van der Waals surface area contributed by atoms with Gasteiger partial charge in [-0.25, -0.2) is 9.78 Å². The number of rotatable bonds is 4. The van der Waals surface area contributed by atoms with Crippen LogP contribution < -0.4 is 15.8 Å². The molecule has 0 saturated heterocycles. The molecule has 0 bridgehead atoms. The van der Waals surface area contributed by atoms with Crippen molar-refractivity contribution in [3.05, 3.63) is 36.2 Å². The third-order valence-corrected chi connectivity index (χ3v) is 3.12. The molecule has 4 N–H and O–H groups in total. The first-order valence-corrected chi connectivity index (χ1v) is 7.11. The maximum Gasteiger partial charge on any atom is 0.409 e. The molecular weight excluding hydrogens is 312 g/mol. The van der Waals surface area contributed by atoms with Crippen molar-refractivity contribution in [1.82, 2.24) is 9.97 Å². The summed E-state index contributed by atoms with van der Waals surface area (Å²) < 4.78 is 4.94. The number of hydrogen-bond donors (Lipinski definition) is 3. The van der Waals surface area contributed by atoms with Crippen LogP contribution in [0.3, 0.4) is 0 Å². The first-order valence-electron chi connectivity index (χ1n) is 7.11. The molecule has 0 aliphatic heterocycles. The van der Waals surface area contributed by atoms with Gasteiger partial charge in [-0.3, -0.25) is 9.78 Å². The molecule has 2 rings (SSSR count). The molecule has 0 atom stereocenters. The molecule has 2 amide bonds. The molecule has 0 fully saturated rings. The minimum atomic E-state index is -1.20. The summed E-state index contributed by atoms with van der Waals surface area (Å²) in [6.45, 7) is 4.51. The number of nitrogens with zero attached hydrogens (tertiary/aromatic N) is 2. The Labute approximate surface area is 138 Å². The fourth-order valence-electron chi connectivity index (χ4n) is 2.14. The van der Waals surface area contributed by atoms with E-state index in [1.165, 1.54) is 25.4 Å². The molecule has 2 heterocycles. The monoisotopic (exact) mass is 330 g/mol. The highest BCUT2D eigenvalue weighted by Gasteiger charge is 2.23. The molecule has 126 valence electrons. The van der Waals surface area contributed by atoms with Gasteiger partial charge in [-0.2, -0.15) is 0 Å². The molecule has 8 nitrogen and oxygen atoms in total. The summed E-state index contributed by atoms with van der Waals surface area (Å²) in [6.07, 6.45) is 1.95. The van der Waals surface area contributed by atoms with Gasteiger partial charge < -0.3 is 20.9 Å². The van der Waals surface area contributed by atoms with E-state index in [1.807, 2.05) is 0 Å². The fraction of sp³-hybridized carbons (Fsp3) is 0.250. The lowest BCUT2D eigenvalue weighted by Crippen LogP contribution is -2.21. The third-order valence-electron chi connectivity index (χ3n) is 3.12. The zero-order valence-electron chi connectivity index (χ0n) is 13.5. The topological polar surface area (TPSA) is 127 Å². The Morgan fingerprint density at radius 1 is 1.29 bits per heavy atom. The van der Waals surface area contributed by atoms with Gasteiger partial charge in [0.1, 0.15) is 11.6 Å². The molecule has 0 aromatic carbocycles. The highest BCUT2D eigenvalue weighted by atomic mass is 16.5. The molecule has 24 heavy (non-hydrogen) atoms. The van der Waals surface area contributed by atoms with Crippen LogP contribution in [0.25, 0.3) is 11.3 Å². The quantitative estimate of drug-likeness (QED) is 0.784. The number of ether oxygens (including phenoxy) is 1. The highest BCUT2D eigenvalue weighted by molar-refractivity contribution is 5.89. The van der Waals surface area contributed by atoms with E-state index >= 15 is 0 Å². The van der Waals surface area contributed by atoms with Crippen LogP contribution in [-0.4, -0.2) is 27.1 Å².